The highest BCUT2D eigenvalue weighted by molar-refractivity contribution is 6.30. The van der Waals surface area contributed by atoms with Crippen molar-refractivity contribution in [3.63, 3.8) is 0 Å². The molecule has 2 fully saturated rings. The molecular formula is C37H42ClNO2. The number of benzene rings is 2. The van der Waals surface area contributed by atoms with Crippen molar-refractivity contribution in [2.45, 2.75) is 84.2 Å². The number of carbonyl (C=O) groups excluding carboxylic acids is 1. The lowest BCUT2D eigenvalue weighted by Crippen LogP contribution is -2.45. The van der Waals surface area contributed by atoms with E-state index in [4.69, 9.17) is 11.6 Å². The van der Waals surface area contributed by atoms with Gasteiger partial charge in [0.2, 0.25) is 0 Å². The number of fused-ring (bicyclic) bond motifs is 4. The van der Waals surface area contributed by atoms with Crippen LogP contribution in [0.1, 0.15) is 89.2 Å². The van der Waals surface area contributed by atoms with Crippen LogP contribution in [0.2, 0.25) is 5.02 Å². The summed E-state index contributed by atoms with van der Waals surface area (Å²) in [6.45, 7) is 10.0. The molecule has 3 nitrogen and oxygen atoms in total. The maximum atomic E-state index is 12.1. The van der Waals surface area contributed by atoms with Crippen molar-refractivity contribution >= 4 is 23.1 Å². The molecule has 2 N–H and O–H groups in total. The molecule has 2 saturated carbocycles. The quantitative estimate of drug-likeness (QED) is 0.364. The first-order valence-corrected chi connectivity index (χ1v) is 15.5. The van der Waals surface area contributed by atoms with Gasteiger partial charge in [0.05, 0.1) is 6.10 Å². The van der Waals surface area contributed by atoms with E-state index in [2.05, 4.69) is 61.8 Å². The van der Waals surface area contributed by atoms with Gasteiger partial charge in [-0.05, 0) is 122 Å². The van der Waals surface area contributed by atoms with Gasteiger partial charge < -0.3 is 10.4 Å². The van der Waals surface area contributed by atoms with Crippen LogP contribution in [0.4, 0.5) is 5.69 Å². The number of hydrogen-bond donors (Lipinski definition) is 2. The number of aliphatic hydroxyl groups excluding tert-OH is 1. The Morgan fingerprint density at radius 2 is 1.80 bits per heavy atom. The van der Waals surface area contributed by atoms with Crippen molar-refractivity contribution in [2.24, 2.45) is 17.3 Å². The summed E-state index contributed by atoms with van der Waals surface area (Å²) in [4.78, 5) is 12.1. The monoisotopic (exact) mass is 567 g/mol. The number of hydrogen-bond acceptors (Lipinski definition) is 3. The van der Waals surface area contributed by atoms with Crippen LogP contribution in [0, 0.1) is 29.1 Å². The first kappa shape index (κ1) is 29.4. The molecule has 6 rings (SSSR count). The number of nitrogens with one attached hydrogen (secondary N) is 1. The second-order valence-electron chi connectivity index (χ2n) is 12.4. The van der Waals surface area contributed by atoms with E-state index in [0.29, 0.717) is 30.0 Å². The average Bonchev–Trinajstić information content (AvgIpc) is 3.26. The Kier molecular flexibility index (Phi) is 8.93. The molecule has 0 aliphatic heterocycles. The summed E-state index contributed by atoms with van der Waals surface area (Å²) in [6.07, 6.45) is 9.38. The second-order valence-corrected chi connectivity index (χ2v) is 12.8. The van der Waals surface area contributed by atoms with Crippen molar-refractivity contribution < 1.29 is 9.90 Å². The number of aliphatic hydroxyl groups is 1. The molecule has 4 aliphatic rings. The fourth-order valence-electron chi connectivity index (χ4n) is 7.70. The van der Waals surface area contributed by atoms with Gasteiger partial charge in [0, 0.05) is 40.7 Å². The van der Waals surface area contributed by atoms with E-state index in [-0.39, 0.29) is 11.5 Å². The third kappa shape index (κ3) is 6.25. The van der Waals surface area contributed by atoms with E-state index < -0.39 is 0 Å². The molecule has 0 bridgehead atoms. The number of carbonyl (C=O) groups is 1. The zero-order valence-electron chi connectivity index (χ0n) is 24.6. The molecule has 0 aromatic heterocycles. The predicted molar refractivity (Wildman–Crippen MR) is 170 cm³/mol. The van der Waals surface area contributed by atoms with E-state index in [0.717, 1.165) is 66.9 Å². The highest BCUT2D eigenvalue weighted by atomic mass is 35.5. The summed E-state index contributed by atoms with van der Waals surface area (Å²) < 4.78 is 0. The van der Waals surface area contributed by atoms with Gasteiger partial charge in [0.1, 0.15) is 0 Å². The minimum Gasteiger partial charge on any atom is -0.393 e. The Bertz CT molecular complexity index is 1420. The average molecular weight is 568 g/mol. The molecule has 0 saturated heterocycles. The van der Waals surface area contributed by atoms with Crippen LogP contribution in [-0.2, 0) is 4.79 Å². The number of rotatable bonds is 3. The van der Waals surface area contributed by atoms with E-state index in [1.165, 1.54) is 16.7 Å². The SMILES string of the molecule is C=C(C)Nc1ccc(Cl)cc1.CCC#Cc1ccc(C2CC3(C)C(O)CCC3C3CCC4=CC(=O)CCC4=C23)cc1. The fourth-order valence-corrected chi connectivity index (χ4v) is 7.83. The summed E-state index contributed by atoms with van der Waals surface area (Å²) in [6, 6.07) is 16.3. The van der Waals surface area contributed by atoms with Crippen LogP contribution in [-0.4, -0.2) is 17.0 Å². The molecule has 5 unspecified atom stereocenters. The lowest BCUT2D eigenvalue weighted by molar-refractivity contribution is -0.114. The zero-order chi connectivity index (χ0) is 29.1. The molecular weight excluding hydrogens is 526 g/mol. The lowest BCUT2D eigenvalue weighted by atomic mass is 9.53. The van der Waals surface area contributed by atoms with Gasteiger partial charge in [-0.2, -0.15) is 0 Å². The Morgan fingerprint density at radius 3 is 2.49 bits per heavy atom. The van der Waals surface area contributed by atoms with E-state index in [1.54, 1.807) is 5.57 Å². The van der Waals surface area contributed by atoms with Crippen LogP contribution in [0.25, 0.3) is 0 Å². The maximum absolute atomic E-state index is 12.1. The van der Waals surface area contributed by atoms with Gasteiger partial charge >= 0.3 is 0 Å². The topological polar surface area (TPSA) is 49.3 Å². The number of anilines is 1. The van der Waals surface area contributed by atoms with Crippen molar-refractivity contribution in [3.8, 4) is 11.8 Å². The minimum atomic E-state index is -0.198. The van der Waals surface area contributed by atoms with Gasteiger partial charge in [-0.25, -0.2) is 0 Å². The van der Waals surface area contributed by atoms with Crippen molar-refractivity contribution in [3.05, 3.63) is 99.8 Å². The molecule has 2 aromatic carbocycles. The largest absolute Gasteiger partial charge is 0.393 e. The molecule has 0 heterocycles. The van der Waals surface area contributed by atoms with Crippen molar-refractivity contribution in [2.75, 3.05) is 5.32 Å². The Balaban J connectivity index is 0.000000259. The van der Waals surface area contributed by atoms with Crippen LogP contribution < -0.4 is 5.32 Å². The van der Waals surface area contributed by atoms with Gasteiger partial charge in [0.15, 0.2) is 5.78 Å². The Labute approximate surface area is 250 Å². The molecule has 2 aromatic rings. The summed E-state index contributed by atoms with van der Waals surface area (Å²) in [5, 5.41) is 14.8. The van der Waals surface area contributed by atoms with E-state index in [9.17, 15) is 9.90 Å². The van der Waals surface area contributed by atoms with Gasteiger partial charge in [-0.3, -0.25) is 4.79 Å². The third-order valence-corrected chi connectivity index (χ3v) is 9.86. The predicted octanol–water partition coefficient (Wildman–Crippen LogP) is 8.99. The number of ketones is 1. The number of halogens is 1. The molecule has 214 valence electrons. The molecule has 0 radical (unpaired) electrons. The highest BCUT2D eigenvalue weighted by Crippen LogP contribution is 2.63. The van der Waals surface area contributed by atoms with Crippen molar-refractivity contribution in [1.29, 1.82) is 0 Å². The lowest BCUT2D eigenvalue weighted by Gasteiger charge is -2.52. The van der Waals surface area contributed by atoms with Gasteiger partial charge in [-0.1, -0.05) is 61.6 Å². The maximum Gasteiger partial charge on any atom is 0.156 e. The van der Waals surface area contributed by atoms with Crippen LogP contribution >= 0.6 is 11.6 Å². The standard InChI is InChI=1S/C28H32O2.C9H10ClN/c1-3-4-5-18-6-8-19(9-7-18)24-17-28(2)25(14-15-26(28)30)23-12-10-20-16-21(29)11-13-22(20)27(23)24;1-7(2)11-9-5-3-8(10)4-6-9/h6-9,16,23-26,30H,3,10-15,17H2,1-2H3;3-6,11H,1H2,2H3. The van der Waals surface area contributed by atoms with Gasteiger partial charge in [-0.15, -0.1) is 0 Å². The molecule has 0 spiro atoms. The molecule has 5 atom stereocenters. The van der Waals surface area contributed by atoms with E-state index >= 15 is 0 Å². The first-order valence-electron chi connectivity index (χ1n) is 15.1. The summed E-state index contributed by atoms with van der Waals surface area (Å²) in [5.74, 6) is 8.14. The minimum absolute atomic E-state index is 0.00815. The Morgan fingerprint density at radius 1 is 1.07 bits per heavy atom. The van der Waals surface area contributed by atoms with E-state index in [1.807, 2.05) is 37.3 Å². The Hall–Kier alpha value is -3.06. The van der Waals surface area contributed by atoms with Gasteiger partial charge in [0.25, 0.3) is 0 Å². The van der Waals surface area contributed by atoms with Crippen LogP contribution in [0.5, 0.6) is 0 Å². The van der Waals surface area contributed by atoms with Crippen LogP contribution in [0.15, 0.2) is 83.6 Å². The van der Waals surface area contributed by atoms with Crippen LogP contribution in [0.3, 0.4) is 0 Å². The van der Waals surface area contributed by atoms with Crippen molar-refractivity contribution in [1.82, 2.24) is 0 Å². The fraction of sp³-hybridized carbons (Fsp3) is 0.432. The summed E-state index contributed by atoms with van der Waals surface area (Å²) in [5.41, 5.74) is 8.73. The smallest absolute Gasteiger partial charge is 0.156 e. The molecule has 0 amide bonds. The molecule has 4 aliphatic carbocycles. The molecule has 41 heavy (non-hydrogen) atoms. The highest BCUT2D eigenvalue weighted by Gasteiger charge is 2.56. The number of allylic oxidation sites excluding steroid dienone is 5. The summed E-state index contributed by atoms with van der Waals surface area (Å²) in [7, 11) is 0. The normalized spacial score (nSPS) is 28.1. The zero-order valence-corrected chi connectivity index (χ0v) is 25.4. The third-order valence-electron chi connectivity index (χ3n) is 9.61. The second kappa shape index (κ2) is 12.4. The first-order chi connectivity index (χ1) is 19.7. The summed E-state index contributed by atoms with van der Waals surface area (Å²) >= 11 is 5.70. The molecule has 4 heteroatoms.